The lowest BCUT2D eigenvalue weighted by atomic mass is 9.92. The maximum Gasteiger partial charge on any atom is 0.258 e. The van der Waals surface area contributed by atoms with Crippen molar-refractivity contribution >= 4 is 32.5 Å². The van der Waals surface area contributed by atoms with Crippen LogP contribution in [0.15, 0.2) is 38.5 Å². The van der Waals surface area contributed by atoms with Crippen LogP contribution in [0.2, 0.25) is 0 Å². The van der Waals surface area contributed by atoms with Crippen LogP contribution in [-0.2, 0) is 16.4 Å². The number of aryl methyl sites for hydroxylation is 1. The lowest BCUT2D eigenvalue weighted by Crippen LogP contribution is -2.29. The highest BCUT2D eigenvalue weighted by Crippen LogP contribution is 2.36. The second-order valence-electron chi connectivity index (χ2n) is 6.43. The molecule has 0 radical (unpaired) electrons. The molecular weight excluding hydrogens is 374 g/mol. The quantitative estimate of drug-likeness (QED) is 0.714. The lowest BCUT2D eigenvalue weighted by molar-refractivity contribution is 0.223. The van der Waals surface area contributed by atoms with Gasteiger partial charge in [-0.3, -0.25) is 0 Å². The van der Waals surface area contributed by atoms with Gasteiger partial charge in [0, 0.05) is 31.5 Å². The van der Waals surface area contributed by atoms with Crippen molar-refractivity contribution in [1.82, 2.24) is 14.4 Å². The van der Waals surface area contributed by atoms with E-state index >= 15 is 0 Å². The van der Waals surface area contributed by atoms with E-state index in [1.165, 1.54) is 10.5 Å². The summed E-state index contributed by atoms with van der Waals surface area (Å²) in [6.07, 6.45) is 1.95. The number of thiophene rings is 1. The molecule has 1 fully saturated rings. The summed E-state index contributed by atoms with van der Waals surface area (Å²) < 4.78 is 32.8. The predicted octanol–water partition coefficient (Wildman–Crippen LogP) is 2.24. The summed E-state index contributed by atoms with van der Waals surface area (Å²) in [5, 5.41) is 18.3. The Hall–Kier alpha value is -1.81. The van der Waals surface area contributed by atoms with E-state index in [9.17, 15) is 13.5 Å². The van der Waals surface area contributed by atoms with Crippen LogP contribution in [0, 0.1) is 5.92 Å². The van der Waals surface area contributed by atoms with E-state index in [1.54, 1.807) is 17.4 Å². The maximum atomic E-state index is 13.1. The zero-order valence-corrected chi connectivity index (χ0v) is 15.8. The summed E-state index contributed by atoms with van der Waals surface area (Å²) in [4.78, 5) is 4.24. The average molecular weight is 393 g/mol. The van der Waals surface area contributed by atoms with Crippen LogP contribution >= 0.6 is 11.3 Å². The van der Waals surface area contributed by atoms with Gasteiger partial charge in [-0.25, -0.2) is 13.4 Å². The Bertz CT molecular complexity index is 1010. The van der Waals surface area contributed by atoms with Gasteiger partial charge in [0.1, 0.15) is 4.90 Å². The molecule has 0 aromatic carbocycles. The van der Waals surface area contributed by atoms with Crippen molar-refractivity contribution in [2.24, 2.45) is 5.92 Å². The second kappa shape index (κ2) is 6.73. The fourth-order valence-corrected chi connectivity index (χ4v) is 5.70. The molecule has 1 aliphatic heterocycles. The van der Waals surface area contributed by atoms with Crippen LogP contribution in [0.1, 0.15) is 24.1 Å². The van der Waals surface area contributed by atoms with Crippen molar-refractivity contribution in [2.75, 3.05) is 19.7 Å². The number of aliphatic hydroxyl groups is 1. The number of fused-ring (bicyclic) bond motifs is 1. The van der Waals surface area contributed by atoms with E-state index in [0.717, 1.165) is 5.56 Å². The SMILES string of the molecule is CCc1noc2ncc(S(=O)(=O)N3C[C@@H](CO)[C@@H](c4ccsc4)C3)cc12. The number of hydrogen-bond acceptors (Lipinski definition) is 7. The molecule has 4 heterocycles. The molecule has 4 rings (SSSR count). The number of hydrogen-bond donors (Lipinski definition) is 1. The topological polar surface area (TPSA) is 96.5 Å². The summed E-state index contributed by atoms with van der Waals surface area (Å²) in [5.74, 6) is -0.114. The number of nitrogens with zero attached hydrogens (tertiary/aromatic N) is 3. The molecule has 0 spiro atoms. The van der Waals surface area contributed by atoms with Gasteiger partial charge >= 0.3 is 0 Å². The minimum absolute atomic E-state index is 0.000454. The molecule has 2 atom stereocenters. The van der Waals surface area contributed by atoms with Gasteiger partial charge in [-0.2, -0.15) is 15.6 Å². The minimum atomic E-state index is -3.71. The molecule has 26 heavy (non-hydrogen) atoms. The van der Waals surface area contributed by atoms with Crippen molar-refractivity contribution in [3.63, 3.8) is 0 Å². The van der Waals surface area contributed by atoms with Gasteiger partial charge in [-0.05, 0) is 34.9 Å². The predicted molar refractivity (Wildman–Crippen MR) is 97.6 cm³/mol. The first-order valence-corrected chi connectivity index (χ1v) is 10.8. The first kappa shape index (κ1) is 17.6. The Morgan fingerprint density at radius 3 is 2.96 bits per heavy atom. The van der Waals surface area contributed by atoms with Gasteiger partial charge in [0.05, 0.1) is 17.3 Å². The molecule has 3 aromatic rings. The number of aliphatic hydroxyl groups excluding tert-OH is 1. The standard InChI is InChI=1S/C17H19N3O4S2/c1-2-16-14-5-13(6-18-17(14)24-19-16)26(22,23)20-7-12(9-21)15(8-20)11-3-4-25-10-11/h3-6,10,12,15,21H,2,7-9H2,1H3/t12-,15+/m0/s1. The molecule has 138 valence electrons. The third-order valence-electron chi connectivity index (χ3n) is 4.97. The van der Waals surface area contributed by atoms with Gasteiger partial charge in [0.2, 0.25) is 10.0 Å². The number of aromatic nitrogens is 2. The third kappa shape index (κ3) is 2.84. The normalized spacial score (nSPS) is 21.6. The fourth-order valence-electron chi connectivity index (χ4n) is 3.48. The first-order chi connectivity index (χ1) is 12.5. The number of pyridine rings is 1. The van der Waals surface area contributed by atoms with E-state index in [1.807, 2.05) is 23.8 Å². The van der Waals surface area contributed by atoms with E-state index in [4.69, 9.17) is 4.52 Å². The van der Waals surface area contributed by atoms with Gasteiger partial charge in [-0.1, -0.05) is 12.1 Å². The molecule has 3 aromatic heterocycles. The third-order valence-corrected chi connectivity index (χ3v) is 7.46. The summed E-state index contributed by atoms with van der Waals surface area (Å²) in [6, 6.07) is 3.57. The summed E-state index contributed by atoms with van der Waals surface area (Å²) >= 11 is 1.57. The van der Waals surface area contributed by atoms with Crippen molar-refractivity contribution < 1.29 is 18.0 Å². The summed E-state index contributed by atoms with van der Waals surface area (Å²) in [6.45, 7) is 2.53. The molecule has 0 unspecified atom stereocenters. The number of rotatable bonds is 5. The van der Waals surface area contributed by atoms with Crippen LogP contribution < -0.4 is 0 Å². The fraction of sp³-hybridized carbons (Fsp3) is 0.412. The Kier molecular flexibility index (Phi) is 4.55. The summed E-state index contributed by atoms with van der Waals surface area (Å²) in [5.41, 5.74) is 2.11. The average Bonchev–Trinajstić information content (AvgIpc) is 3.38. The highest BCUT2D eigenvalue weighted by Gasteiger charge is 2.40. The van der Waals surface area contributed by atoms with Gasteiger partial charge in [0.25, 0.3) is 5.71 Å². The van der Waals surface area contributed by atoms with Crippen LogP contribution in [0.4, 0.5) is 0 Å². The lowest BCUT2D eigenvalue weighted by Gasteiger charge is -2.16. The van der Waals surface area contributed by atoms with Crippen LogP contribution in [0.5, 0.6) is 0 Å². The number of sulfonamides is 1. The highest BCUT2D eigenvalue weighted by atomic mass is 32.2. The molecule has 0 bridgehead atoms. The molecule has 0 amide bonds. The van der Waals surface area contributed by atoms with Crippen molar-refractivity contribution in [1.29, 1.82) is 0 Å². The maximum absolute atomic E-state index is 13.1. The Labute approximate surface area is 155 Å². The Morgan fingerprint density at radius 2 is 2.27 bits per heavy atom. The molecule has 0 aliphatic carbocycles. The van der Waals surface area contributed by atoms with Crippen LogP contribution in [-0.4, -0.2) is 47.7 Å². The van der Waals surface area contributed by atoms with Gasteiger partial charge < -0.3 is 9.63 Å². The van der Waals surface area contributed by atoms with Gasteiger partial charge in [0.15, 0.2) is 0 Å². The molecular formula is C17H19N3O4S2. The molecule has 9 heteroatoms. The Morgan fingerprint density at radius 1 is 1.42 bits per heavy atom. The van der Waals surface area contributed by atoms with E-state index in [-0.39, 0.29) is 23.3 Å². The molecule has 1 aliphatic rings. The van der Waals surface area contributed by atoms with Crippen LogP contribution in [0.25, 0.3) is 11.1 Å². The second-order valence-corrected chi connectivity index (χ2v) is 9.15. The van der Waals surface area contributed by atoms with E-state index < -0.39 is 10.0 Å². The largest absolute Gasteiger partial charge is 0.396 e. The molecule has 0 saturated carbocycles. The van der Waals surface area contributed by atoms with Crippen molar-refractivity contribution in [3.8, 4) is 0 Å². The van der Waals surface area contributed by atoms with Crippen molar-refractivity contribution in [2.45, 2.75) is 24.2 Å². The molecule has 1 saturated heterocycles. The van der Waals surface area contributed by atoms with E-state index in [2.05, 4.69) is 10.1 Å². The zero-order valence-electron chi connectivity index (χ0n) is 14.2. The molecule has 7 nitrogen and oxygen atoms in total. The Balaban J connectivity index is 1.68. The van der Waals surface area contributed by atoms with Crippen molar-refractivity contribution in [3.05, 3.63) is 40.3 Å². The molecule has 1 N–H and O–H groups in total. The van der Waals surface area contributed by atoms with E-state index in [0.29, 0.717) is 36.3 Å². The van der Waals surface area contributed by atoms with Gasteiger partial charge in [-0.15, -0.1) is 0 Å². The minimum Gasteiger partial charge on any atom is -0.396 e. The highest BCUT2D eigenvalue weighted by molar-refractivity contribution is 7.89. The smallest absolute Gasteiger partial charge is 0.258 e. The monoisotopic (exact) mass is 393 g/mol. The van der Waals surface area contributed by atoms with Crippen LogP contribution in [0.3, 0.4) is 0 Å². The first-order valence-electron chi connectivity index (χ1n) is 8.42. The summed E-state index contributed by atoms with van der Waals surface area (Å²) in [7, 11) is -3.71. The zero-order chi connectivity index (χ0) is 18.3.